The predicted molar refractivity (Wildman–Crippen MR) is 100 cm³/mol. The minimum Gasteiger partial charge on any atom is -0.491 e. The van der Waals surface area contributed by atoms with Crippen LogP contribution in [0.15, 0.2) is 59.5 Å². The van der Waals surface area contributed by atoms with E-state index in [0.717, 1.165) is 11.3 Å². The Morgan fingerprint density at radius 2 is 1.69 bits per heavy atom. The van der Waals surface area contributed by atoms with Gasteiger partial charge in [0.25, 0.3) is 0 Å². The van der Waals surface area contributed by atoms with Gasteiger partial charge in [0.15, 0.2) is 0 Å². The lowest BCUT2D eigenvalue weighted by Gasteiger charge is -2.10. The van der Waals surface area contributed by atoms with Crippen LogP contribution < -0.4 is 14.8 Å². The quantitative estimate of drug-likeness (QED) is 0.704. The van der Waals surface area contributed by atoms with Gasteiger partial charge in [-0.15, -0.1) is 0 Å². The number of hydrogen-bond acceptors (Lipinski definition) is 4. The predicted octanol–water partition coefficient (Wildman–Crippen LogP) is 2.46. The van der Waals surface area contributed by atoms with Gasteiger partial charge in [0.1, 0.15) is 5.75 Å². The van der Waals surface area contributed by atoms with Crippen molar-refractivity contribution < 1.29 is 17.9 Å². The van der Waals surface area contributed by atoms with Gasteiger partial charge in [-0.2, -0.15) is 0 Å². The standard InChI is InChI=1S/C19H24N2O4S/c1-15(2)25-17-10-8-16(9-11-17)14-20-19(22)12-13-21-26(23,24)18-6-4-3-5-7-18/h3-11,15,21H,12-14H2,1-2H3,(H,20,22). The summed E-state index contributed by atoms with van der Waals surface area (Å²) in [6, 6.07) is 15.5. The topological polar surface area (TPSA) is 84.5 Å². The molecular weight excluding hydrogens is 352 g/mol. The summed E-state index contributed by atoms with van der Waals surface area (Å²) in [5.41, 5.74) is 0.944. The van der Waals surface area contributed by atoms with Crippen LogP contribution in [0.1, 0.15) is 25.8 Å². The fourth-order valence-corrected chi connectivity index (χ4v) is 3.28. The molecule has 140 valence electrons. The molecule has 0 saturated carbocycles. The molecule has 1 amide bonds. The number of nitrogens with one attached hydrogen (secondary N) is 2. The Hall–Kier alpha value is -2.38. The maximum Gasteiger partial charge on any atom is 0.240 e. The van der Waals surface area contributed by atoms with Gasteiger partial charge in [-0.05, 0) is 43.7 Å². The molecule has 7 heteroatoms. The second-order valence-electron chi connectivity index (χ2n) is 6.05. The molecule has 0 aromatic heterocycles. The van der Waals surface area contributed by atoms with Crippen LogP contribution in [0.2, 0.25) is 0 Å². The Balaban J connectivity index is 1.74. The summed E-state index contributed by atoms with van der Waals surface area (Å²) in [5, 5.41) is 2.77. The molecule has 0 spiro atoms. The first-order valence-corrected chi connectivity index (χ1v) is 9.92. The largest absolute Gasteiger partial charge is 0.491 e. The first-order chi connectivity index (χ1) is 12.4. The molecule has 0 radical (unpaired) electrons. The van der Waals surface area contributed by atoms with E-state index in [1.165, 1.54) is 12.1 Å². The van der Waals surface area contributed by atoms with Gasteiger partial charge in [0.05, 0.1) is 11.0 Å². The summed E-state index contributed by atoms with van der Waals surface area (Å²) < 4.78 is 32.1. The Bertz CT molecular complexity index is 803. The number of hydrogen-bond donors (Lipinski definition) is 2. The highest BCUT2D eigenvalue weighted by Crippen LogP contribution is 2.13. The van der Waals surface area contributed by atoms with Crippen molar-refractivity contribution in [2.45, 2.75) is 37.8 Å². The van der Waals surface area contributed by atoms with Gasteiger partial charge in [0.2, 0.25) is 15.9 Å². The van der Waals surface area contributed by atoms with Gasteiger partial charge in [-0.25, -0.2) is 13.1 Å². The van der Waals surface area contributed by atoms with E-state index in [0.29, 0.717) is 6.54 Å². The van der Waals surface area contributed by atoms with Gasteiger partial charge < -0.3 is 10.1 Å². The SMILES string of the molecule is CC(C)Oc1ccc(CNC(=O)CCNS(=O)(=O)c2ccccc2)cc1. The normalized spacial score (nSPS) is 11.3. The lowest BCUT2D eigenvalue weighted by Crippen LogP contribution is -2.30. The van der Waals surface area contributed by atoms with E-state index >= 15 is 0 Å². The molecule has 0 saturated heterocycles. The molecule has 6 nitrogen and oxygen atoms in total. The third kappa shape index (κ3) is 6.50. The monoisotopic (exact) mass is 376 g/mol. The van der Waals surface area contributed by atoms with E-state index < -0.39 is 10.0 Å². The third-order valence-electron chi connectivity index (χ3n) is 3.48. The molecule has 2 N–H and O–H groups in total. The molecule has 0 bridgehead atoms. The number of sulfonamides is 1. The number of amides is 1. The second kappa shape index (κ2) is 9.35. The van der Waals surface area contributed by atoms with Gasteiger partial charge >= 0.3 is 0 Å². The van der Waals surface area contributed by atoms with Crippen LogP contribution in [0.4, 0.5) is 0 Å². The summed E-state index contributed by atoms with van der Waals surface area (Å²) in [7, 11) is -3.58. The summed E-state index contributed by atoms with van der Waals surface area (Å²) in [4.78, 5) is 12.1. The van der Waals surface area contributed by atoms with Crippen LogP contribution in [0.3, 0.4) is 0 Å². The average molecular weight is 376 g/mol. The van der Waals surface area contributed by atoms with E-state index in [4.69, 9.17) is 4.74 Å². The fourth-order valence-electron chi connectivity index (χ4n) is 2.23. The van der Waals surface area contributed by atoms with Gasteiger partial charge in [0, 0.05) is 19.5 Å². The number of carbonyl (C=O) groups excluding carboxylic acids is 1. The summed E-state index contributed by atoms with van der Waals surface area (Å²) in [5.74, 6) is 0.564. The third-order valence-corrected chi connectivity index (χ3v) is 4.96. The van der Waals surface area contributed by atoms with Crippen molar-refractivity contribution in [1.29, 1.82) is 0 Å². The van der Waals surface area contributed by atoms with Crippen LogP contribution in [0.5, 0.6) is 5.75 Å². The molecule has 26 heavy (non-hydrogen) atoms. The highest BCUT2D eigenvalue weighted by Gasteiger charge is 2.13. The molecule has 2 rings (SSSR count). The Kier molecular flexibility index (Phi) is 7.17. The lowest BCUT2D eigenvalue weighted by atomic mass is 10.2. The maximum atomic E-state index is 12.0. The molecule has 2 aromatic rings. The van der Waals surface area contributed by atoms with Crippen LogP contribution in [-0.4, -0.2) is 27.0 Å². The highest BCUT2D eigenvalue weighted by molar-refractivity contribution is 7.89. The Morgan fingerprint density at radius 1 is 1.04 bits per heavy atom. The molecule has 2 aromatic carbocycles. The van der Waals surface area contributed by atoms with Crippen molar-refractivity contribution >= 4 is 15.9 Å². The molecule has 0 aliphatic carbocycles. The van der Waals surface area contributed by atoms with Crippen molar-refractivity contribution in [2.75, 3.05) is 6.54 Å². The van der Waals surface area contributed by atoms with Crippen molar-refractivity contribution in [3.63, 3.8) is 0 Å². The van der Waals surface area contributed by atoms with E-state index in [9.17, 15) is 13.2 Å². The van der Waals surface area contributed by atoms with Crippen molar-refractivity contribution in [2.24, 2.45) is 0 Å². The van der Waals surface area contributed by atoms with Crippen LogP contribution in [0.25, 0.3) is 0 Å². The Morgan fingerprint density at radius 3 is 2.31 bits per heavy atom. The number of benzene rings is 2. The van der Waals surface area contributed by atoms with Gasteiger partial charge in [-0.1, -0.05) is 30.3 Å². The molecule has 0 unspecified atom stereocenters. The molecular formula is C19H24N2O4S. The van der Waals surface area contributed by atoms with E-state index in [-0.39, 0.29) is 29.9 Å². The zero-order valence-electron chi connectivity index (χ0n) is 14.9. The number of carbonyl (C=O) groups is 1. The molecule has 0 aliphatic rings. The number of rotatable bonds is 9. The molecule has 0 atom stereocenters. The van der Waals surface area contributed by atoms with E-state index in [1.54, 1.807) is 18.2 Å². The number of ether oxygens (including phenoxy) is 1. The Labute approximate surface area is 154 Å². The zero-order valence-corrected chi connectivity index (χ0v) is 15.8. The lowest BCUT2D eigenvalue weighted by molar-refractivity contribution is -0.121. The second-order valence-corrected chi connectivity index (χ2v) is 7.82. The molecule has 0 fully saturated rings. The van der Waals surface area contributed by atoms with Crippen molar-refractivity contribution in [3.8, 4) is 5.75 Å². The van der Waals surface area contributed by atoms with E-state index in [1.807, 2.05) is 38.1 Å². The van der Waals surface area contributed by atoms with Crippen LogP contribution in [0, 0.1) is 0 Å². The summed E-state index contributed by atoms with van der Waals surface area (Å²) >= 11 is 0. The van der Waals surface area contributed by atoms with Gasteiger partial charge in [-0.3, -0.25) is 4.79 Å². The van der Waals surface area contributed by atoms with Crippen molar-refractivity contribution in [1.82, 2.24) is 10.0 Å². The minimum absolute atomic E-state index is 0.0459. The summed E-state index contributed by atoms with van der Waals surface area (Å²) in [6.45, 7) is 4.34. The fraction of sp³-hybridized carbons (Fsp3) is 0.316. The highest BCUT2D eigenvalue weighted by atomic mass is 32.2. The van der Waals surface area contributed by atoms with Crippen LogP contribution >= 0.6 is 0 Å². The molecule has 0 heterocycles. The van der Waals surface area contributed by atoms with Crippen LogP contribution in [-0.2, 0) is 21.4 Å². The smallest absolute Gasteiger partial charge is 0.240 e. The molecule has 0 aliphatic heterocycles. The van der Waals surface area contributed by atoms with E-state index in [2.05, 4.69) is 10.0 Å². The average Bonchev–Trinajstić information content (AvgIpc) is 2.61. The minimum atomic E-state index is -3.58. The zero-order chi connectivity index (χ0) is 19.0. The van der Waals surface area contributed by atoms with Crippen molar-refractivity contribution in [3.05, 3.63) is 60.2 Å². The maximum absolute atomic E-state index is 12.0. The first kappa shape index (κ1) is 19.9. The summed E-state index contributed by atoms with van der Waals surface area (Å²) in [6.07, 6.45) is 0.181. The first-order valence-electron chi connectivity index (χ1n) is 8.44.